The molecule has 0 spiro atoms. The van der Waals surface area contributed by atoms with Gasteiger partial charge in [-0.25, -0.2) is 0 Å². The third kappa shape index (κ3) is 3.94. The minimum Gasteiger partial charge on any atom is -0.307 e. The van der Waals surface area contributed by atoms with E-state index in [0.29, 0.717) is 12.1 Å². The van der Waals surface area contributed by atoms with Gasteiger partial charge in [-0.15, -0.1) is 11.3 Å². The van der Waals surface area contributed by atoms with E-state index in [1.807, 2.05) is 0 Å². The Morgan fingerprint density at radius 2 is 1.83 bits per heavy atom. The average Bonchev–Trinajstić information content (AvgIpc) is 2.77. The largest absolute Gasteiger partial charge is 0.307 e. The van der Waals surface area contributed by atoms with Crippen LogP contribution >= 0.6 is 27.3 Å². The lowest BCUT2D eigenvalue weighted by Gasteiger charge is -2.19. The van der Waals surface area contributed by atoms with Crippen LogP contribution in [0.15, 0.2) is 46.3 Å². The molecule has 0 aliphatic rings. The molecule has 1 aromatic heterocycles. The van der Waals surface area contributed by atoms with Gasteiger partial charge < -0.3 is 5.32 Å². The topological polar surface area (TPSA) is 12.0 Å². The lowest BCUT2D eigenvalue weighted by Crippen LogP contribution is -2.30. The van der Waals surface area contributed by atoms with E-state index in [4.69, 9.17) is 0 Å². The van der Waals surface area contributed by atoms with Gasteiger partial charge in [-0.1, -0.05) is 30.3 Å². The summed E-state index contributed by atoms with van der Waals surface area (Å²) in [6.07, 6.45) is 1.07. The monoisotopic (exact) mass is 323 g/mol. The van der Waals surface area contributed by atoms with Crippen molar-refractivity contribution in [3.63, 3.8) is 0 Å². The standard InChI is InChI=1S/C15H18BrNS/c1-11(10-13-6-4-3-5-7-13)17-12(2)14-8-9-15(16)18-14/h3-9,11-12,17H,10H2,1-2H3. The Kier molecular flexibility index (Phi) is 4.98. The normalized spacial score (nSPS) is 14.4. The lowest BCUT2D eigenvalue weighted by atomic mass is 10.1. The van der Waals surface area contributed by atoms with Gasteiger partial charge in [0.2, 0.25) is 0 Å². The molecule has 0 aliphatic carbocycles. The highest BCUT2D eigenvalue weighted by Crippen LogP contribution is 2.27. The van der Waals surface area contributed by atoms with Crippen LogP contribution in [-0.2, 0) is 6.42 Å². The van der Waals surface area contributed by atoms with Crippen LogP contribution < -0.4 is 5.32 Å². The molecular formula is C15H18BrNS. The first-order valence-corrected chi connectivity index (χ1v) is 7.81. The van der Waals surface area contributed by atoms with Crippen LogP contribution in [0.5, 0.6) is 0 Å². The fourth-order valence-corrected chi connectivity index (χ4v) is 3.53. The molecule has 0 aliphatic heterocycles. The number of rotatable bonds is 5. The molecule has 1 heterocycles. The molecule has 0 saturated heterocycles. The minimum absolute atomic E-state index is 0.403. The molecular weight excluding hydrogens is 306 g/mol. The van der Waals surface area contributed by atoms with Gasteiger partial charge in [0, 0.05) is 17.0 Å². The second kappa shape index (κ2) is 6.50. The van der Waals surface area contributed by atoms with E-state index < -0.39 is 0 Å². The summed E-state index contributed by atoms with van der Waals surface area (Å²) in [6, 6.07) is 15.8. The summed E-state index contributed by atoms with van der Waals surface area (Å²) < 4.78 is 1.20. The number of benzene rings is 1. The van der Waals surface area contributed by atoms with Crippen molar-refractivity contribution in [2.75, 3.05) is 0 Å². The van der Waals surface area contributed by atoms with Gasteiger partial charge in [-0.2, -0.15) is 0 Å². The molecule has 1 aromatic carbocycles. The summed E-state index contributed by atoms with van der Waals surface area (Å²) in [5, 5.41) is 3.65. The number of hydrogen-bond acceptors (Lipinski definition) is 2. The predicted octanol–water partition coefficient (Wildman–Crippen LogP) is 4.79. The molecule has 96 valence electrons. The van der Waals surface area contributed by atoms with Crippen LogP contribution in [0.3, 0.4) is 0 Å². The maximum atomic E-state index is 3.65. The Bertz CT molecular complexity index is 480. The van der Waals surface area contributed by atoms with E-state index in [-0.39, 0.29) is 0 Å². The molecule has 0 bridgehead atoms. The third-order valence-electron chi connectivity index (χ3n) is 2.94. The van der Waals surface area contributed by atoms with Crippen molar-refractivity contribution in [2.24, 2.45) is 0 Å². The molecule has 1 N–H and O–H groups in total. The van der Waals surface area contributed by atoms with Crippen molar-refractivity contribution in [3.05, 3.63) is 56.7 Å². The summed E-state index contributed by atoms with van der Waals surface area (Å²) >= 11 is 5.31. The van der Waals surface area contributed by atoms with E-state index in [1.165, 1.54) is 14.2 Å². The third-order valence-corrected chi connectivity index (χ3v) is 4.75. The van der Waals surface area contributed by atoms with E-state index in [0.717, 1.165) is 6.42 Å². The van der Waals surface area contributed by atoms with Gasteiger partial charge in [-0.3, -0.25) is 0 Å². The highest BCUT2D eigenvalue weighted by molar-refractivity contribution is 9.11. The Hall–Kier alpha value is -0.640. The fraction of sp³-hybridized carbons (Fsp3) is 0.333. The molecule has 18 heavy (non-hydrogen) atoms. The quantitative estimate of drug-likeness (QED) is 0.833. The predicted molar refractivity (Wildman–Crippen MR) is 83.2 cm³/mol. The van der Waals surface area contributed by atoms with Gasteiger partial charge in [0.1, 0.15) is 0 Å². The maximum Gasteiger partial charge on any atom is 0.0701 e. The molecule has 2 atom stereocenters. The maximum absolute atomic E-state index is 3.65. The van der Waals surface area contributed by atoms with E-state index >= 15 is 0 Å². The molecule has 3 heteroatoms. The summed E-state index contributed by atoms with van der Waals surface area (Å²) in [5.74, 6) is 0. The number of hydrogen-bond donors (Lipinski definition) is 1. The van der Waals surface area contributed by atoms with E-state index in [1.54, 1.807) is 11.3 Å². The zero-order valence-corrected chi connectivity index (χ0v) is 13.1. The molecule has 2 aromatic rings. The first-order chi connectivity index (χ1) is 8.65. The molecule has 0 radical (unpaired) electrons. The van der Waals surface area contributed by atoms with Crippen LogP contribution in [0.4, 0.5) is 0 Å². The van der Waals surface area contributed by atoms with Gasteiger partial charge in [-0.05, 0) is 53.9 Å². The Morgan fingerprint density at radius 3 is 2.44 bits per heavy atom. The zero-order valence-electron chi connectivity index (χ0n) is 10.7. The molecule has 2 unspecified atom stereocenters. The van der Waals surface area contributed by atoms with Gasteiger partial charge in [0.25, 0.3) is 0 Å². The van der Waals surface area contributed by atoms with Crippen LogP contribution in [0.25, 0.3) is 0 Å². The SMILES string of the molecule is CC(Cc1ccccc1)NC(C)c1ccc(Br)s1. The Balaban J connectivity index is 1.89. The van der Waals surface area contributed by atoms with Crippen molar-refractivity contribution in [2.45, 2.75) is 32.4 Å². The van der Waals surface area contributed by atoms with Crippen LogP contribution in [0.2, 0.25) is 0 Å². The molecule has 0 amide bonds. The van der Waals surface area contributed by atoms with Crippen LogP contribution in [-0.4, -0.2) is 6.04 Å². The summed E-state index contributed by atoms with van der Waals surface area (Å²) in [6.45, 7) is 4.46. The summed E-state index contributed by atoms with van der Waals surface area (Å²) in [5.41, 5.74) is 1.39. The van der Waals surface area contributed by atoms with E-state index in [9.17, 15) is 0 Å². The highest BCUT2D eigenvalue weighted by Gasteiger charge is 2.11. The zero-order chi connectivity index (χ0) is 13.0. The van der Waals surface area contributed by atoms with Crippen molar-refractivity contribution < 1.29 is 0 Å². The summed E-state index contributed by atoms with van der Waals surface area (Å²) in [4.78, 5) is 1.38. The first-order valence-electron chi connectivity index (χ1n) is 6.20. The van der Waals surface area contributed by atoms with Crippen molar-refractivity contribution >= 4 is 27.3 Å². The number of thiophene rings is 1. The molecule has 0 saturated carbocycles. The first kappa shape index (κ1) is 13.8. The lowest BCUT2D eigenvalue weighted by molar-refractivity contribution is 0.482. The average molecular weight is 324 g/mol. The fourth-order valence-electron chi connectivity index (χ4n) is 2.10. The Labute approximate surface area is 121 Å². The second-order valence-electron chi connectivity index (χ2n) is 4.62. The molecule has 1 nitrogen and oxygen atoms in total. The smallest absolute Gasteiger partial charge is 0.0701 e. The molecule has 2 rings (SSSR count). The minimum atomic E-state index is 0.403. The number of nitrogens with one attached hydrogen (secondary N) is 1. The van der Waals surface area contributed by atoms with Crippen molar-refractivity contribution in [1.82, 2.24) is 5.32 Å². The van der Waals surface area contributed by atoms with Gasteiger partial charge >= 0.3 is 0 Å². The van der Waals surface area contributed by atoms with Gasteiger partial charge in [0.05, 0.1) is 3.79 Å². The van der Waals surface area contributed by atoms with Crippen LogP contribution in [0.1, 0.15) is 30.3 Å². The second-order valence-corrected chi connectivity index (χ2v) is 7.12. The number of halogens is 1. The van der Waals surface area contributed by atoms with E-state index in [2.05, 4.69) is 77.6 Å². The van der Waals surface area contributed by atoms with Crippen molar-refractivity contribution in [1.29, 1.82) is 0 Å². The van der Waals surface area contributed by atoms with Crippen LogP contribution in [0, 0.1) is 0 Å². The van der Waals surface area contributed by atoms with Gasteiger partial charge in [0.15, 0.2) is 0 Å². The summed E-state index contributed by atoms with van der Waals surface area (Å²) in [7, 11) is 0. The molecule has 0 fully saturated rings. The Morgan fingerprint density at radius 1 is 1.11 bits per heavy atom. The van der Waals surface area contributed by atoms with Crippen molar-refractivity contribution in [3.8, 4) is 0 Å². The highest BCUT2D eigenvalue weighted by atomic mass is 79.9.